The van der Waals surface area contributed by atoms with E-state index >= 15 is 0 Å². The van der Waals surface area contributed by atoms with E-state index in [1.807, 2.05) is 19.9 Å². The molecule has 1 fully saturated rings. The van der Waals surface area contributed by atoms with Gasteiger partial charge in [-0.05, 0) is 33.1 Å². The minimum Gasteiger partial charge on any atom is -0.372 e. The highest BCUT2D eigenvalue weighted by Crippen LogP contribution is 2.39. The lowest BCUT2D eigenvalue weighted by Crippen LogP contribution is -2.41. The normalized spacial score (nSPS) is 21.4. The first-order chi connectivity index (χ1) is 9.49. The maximum absolute atomic E-state index is 11.8. The summed E-state index contributed by atoms with van der Waals surface area (Å²) in [6, 6.07) is 0. The van der Waals surface area contributed by atoms with E-state index in [4.69, 9.17) is 0 Å². The summed E-state index contributed by atoms with van der Waals surface area (Å²) >= 11 is 1.25. The van der Waals surface area contributed by atoms with Crippen molar-refractivity contribution in [1.82, 2.24) is 4.90 Å². The van der Waals surface area contributed by atoms with Crippen molar-refractivity contribution in [2.75, 3.05) is 6.54 Å². The monoisotopic (exact) mass is 299 g/mol. The summed E-state index contributed by atoms with van der Waals surface area (Å²) in [7, 11) is 0. The molecule has 0 bridgehead atoms. The highest BCUT2D eigenvalue weighted by atomic mass is 32.2. The number of amides is 1. The maximum atomic E-state index is 11.8. The Balaban J connectivity index is 2.04. The third-order valence-electron chi connectivity index (χ3n) is 3.81. The molecule has 1 amide bonds. The summed E-state index contributed by atoms with van der Waals surface area (Å²) in [4.78, 5) is 13.4. The van der Waals surface area contributed by atoms with Gasteiger partial charge in [0.15, 0.2) is 0 Å². The van der Waals surface area contributed by atoms with Crippen molar-refractivity contribution in [2.45, 2.75) is 76.2 Å². The number of carbonyl (C=O) groups excluding carboxylic acids is 1. The molecule has 1 rings (SSSR count). The molecular weight excluding hydrogens is 270 g/mol. The van der Waals surface area contributed by atoms with Crippen LogP contribution < -0.4 is 0 Å². The van der Waals surface area contributed by atoms with Crippen LogP contribution >= 0.6 is 11.8 Å². The van der Waals surface area contributed by atoms with Crippen molar-refractivity contribution >= 4 is 17.0 Å². The molecule has 0 saturated carbocycles. The van der Waals surface area contributed by atoms with Gasteiger partial charge < -0.3 is 10.0 Å². The van der Waals surface area contributed by atoms with Gasteiger partial charge in [0.1, 0.15) is 6.23 Å². The van der Waals surface area contributed by atoms with Crippen molar-refractivity contribution in [3.05, 3.63) is 12.7 Å². The van der Waals surface area contributed by atoms with Crippen molar-refractivity contribution in [3.8, 4) is 0 Å². The van der Waals surface area contributed by atoms with E-state index in [-0.39, 0.29) is 9.99 Å². The Morgan fingerprint density at radius 1 is 1.20 bits per heavy atom. The summed E-state index contributed by atoms with van der Waals surface area (Å²) in [5.41, 5.74) is 0. The predicted molar refractivity (Wildman–Crippen MR) is 86.9 cm³/mol. The van der Waals surface area contributed by atoms with Gasteiger partial charge in [0.05, 0.1) is 4.75 Å². The van der Waals surface area contributed by atoms with E-state index in [1.165, 1.54) is 43.9 Å². The SMILES string of the molecule is C=CCCCCCCCCCN1C(=O)SC(C)(C)C1O. The molecule has 20 heavy (non-hydrogen) atoms. The summed E-state index contributed by atoms with van der Waals surface area (Å²) in [5.74, 6) is 0. The number of nitrogens with zero attached hydrogens (tertiary/aromatic N) is 1. The minimum atomic E-state index is -0.640. The van der Waals surface area contributed by atoms with Crippen LogP contribution in [0.2, 0.25) is 0 Å². The maximum Gasteiger partial charge on any atom is 0.284 e. The number of aliphatic hydroxyl groups excluding tert-OH is 1. The third-order valence-corrected chi connectivity index (χ3v) is 4.96. The van der Waals surface area contributed by atoms with E-state index in [2.05, 4.69) is 6.58 Å². The van der Waals surface area contributed by atoms with Crippen LogP contribution in [0.15, 0.2) is 12.7 Å². The zero-order valence-corrected chi connectivity index (χ0v) is 13.8. The Morgan fingerprint density at radius 3 is 2.25 bits per heavy atom. The first-order valence-electron chi connectivity index (χ1n) is 7.77. The minimum absolute atomic E-state index is 0.0203. The second-order valence-electron chi connectivity index (χ2n) is 6.09. The average molecular weight is 299 g/mol. The molecule has 116 valence electrons. The quantitative estimate of drug-likeness (QED) is 0.475. The van der Waals surface area contributed by atoms with Gasteiger partial charge in [0.2, 0.25) is 0 Å². The van der Waals surface area contributed by atoms with Crippen LogP contribution in [-0.4, -0.2) is 32.8 Å². The highest BCUT2D eigenvalue weighted by Gasteiger charge is 2.45. The van der Waals surface area contributed by atoms with E-state index in [9.17, 15) is 9.90 Å². The topological polar surface area (TPSA) is 40.5 Å². The molecule has 1 N–H and O–H groups in total. The number of allylic oxidation sites excluding steroid dienone is 1. The summed E-state index contributed by atoms with van der Waals surface area (Å²) in [6.45, 7) is 8.25. The van der Waals surface area contributed by atoms with E-state index in [0.29, 0.717) is 6.54 Å². The molecule has 1 aliphatic rings. The molecule has 0 radical (unpaired) electrons. The van der Waals surface area contributed by atoms with Crippen LogP contribution in [0.3, 0.4) is 0 Å². The van der Waals surface area contributed by atoms with Gasteiger partial charge in [0, 0.05) is 6.54 Å². The summed E-state index contributed by atoms with van der Waals surface area (Å²) in [5, 5.41) is 10.1. The lowest BCUT2D eigenvalue weighted by molar-refractivity contribution is 0.0252. The van der Waals surface area contributed by atoms with E-state index in [0.717, 1.165) is 19.3 Å². The zero-order valence-electron chi connectivity index (χ0n) is 12.9. The molecule has 0 aromatic heterocycles. The number of unbranched alkanes of at least 4 members (excludes halogenated alkanes) is 7. The predicted octanol–water partition coefficient (Wildman–Crippen LogP) is 4.56. The molecule has 1 atom stereocenters. The average Bonchev–Trinajstić information content (AvgIpc) is 2.58. The highest BCUT2D eigenvalue weighted by molar-refractivity contribution is 8.15. The van der Waals surface area contributed by atoms with E-state index < -0.39 is 6.23 Å². The van der Waals surface area contributed by atoms with Gasteiger partial charge >= 0.3 is 0 Å². The Bertz CT molecular complexity index is 318. The third kappa shape index (κ3) is 5.49. The number of hydrogen-bond acceptors (Lipinski definition) is 3. The van der Waals surface area contributed by atoms with Crippen LogP contribution in [0.25, 0.3) is 0 Å². The largest absolute Gasteiger partial charge is 0.372 e. The number of carbonyl (C=O) groups is 1. The van der Waals surface area contributed by atoms with Gasteiger partial charge in [-0.3, -0.25) is 4.79 Å². The lowest BCUT2D eigenvalue weighted by atomic mass is 10.1. The zero-order chi connectivity index (χ0) is 15.0. The molecule has 1 heterocycles. The second-order valence-corrected chi connectivity index (χ2v) is 7.70. The first-order valence-corrected chi connectivity index (χ1v) is 8.59. The molecular formula is C16H29NO2S. The van der Waals surface area contributed by atoms with Crippen molar-refractivity contribution in [1.29, 1.82) is 0 Å². The molecule has 0 aromatic rings. The summed E-state index contributed by atoms with van der Waals surface area (Å²) in [6.07, 6.45) is 10.9. The smallest absolute Gasteiger partial charge is 0.284 e. The Morgan fingerprint density at radius 2 is 1.75 bits per heavy atom. The van der Waals surface area contributed by atoms with Crippen molar-refractivity contribution < 1.29 is 9.90 Å². The lowest BCUT2D eigenvalue weighted by Gasteiger charge is -2.25. The van der Waals surface area contributed by atoms with Gasteiger partial charge in [-0.1, -0.05) is 49.9 Å². The van der Waals surface area contributed by atoms with Crippen LogP contribution in [0, 0.1) is 0 Å². The number of rotatable bonds is 10. The molecule has 1 saturated heterocycles. The number of thioether (sulfide) groups is 1. The van der Waals surface area contributed by atoms with Gasteiger partial charge in [-0.2, -0.15) is 0 Å². The standard InChI is InChI=1S/C16H29NO2S/c1-4-5-6-7-8-9-10-11-12-13-17-14(18)16(2,3)20-15(17)19/h4,14,18H,1,5-13H2,2-3H3. The molecule has 1 aliphatic heterocycles. The first kappa shape index (κ1) is 17.6. The number of aliphatic hydroxyl groups is 1. The van der Waals surface area contributed by atoms with Gasteiger partial charge in [-0.15, -0.1) is 6.58 Å². The molecule has 4 heteroatoms. The van der Waals surface area contributed by atoms with Crippen LogP contribution in [0.4, 0.5) is 4.79 Å². The van der Waals surface area contributed by atoms with Crippen molar-refractivity contribution in [3.63, 3.8) is 0 Å². The van der Waals surface area contributed by atoms with Crippen LogP contribution in [0.5, 0.6) is 0 Å². The summed E-state index contributed by atoms with van der Waals surface area (Å²) < 4.78 is -0.373. The molecule has 3 nitrogen and oxygen atoms in total. The fraction of sp³-hybridized carbons (Fsp3) is 0.812. The van der Waals surface area contributed by atoms with Gasteiger partial charge in [0.25, 0.3) is 5.24 Å². The fourth-order valence-corrected chi connectivity index (χ4v) is 3.47. The Kier molecular flexibility index (Phi) is 7.67. The number of hydrogen-bond donors (Lipinski definition) is 1. The molecule has 0 aromatic carbocycles. The molecule has 0 spiro atoms. The van der Waals surface area contributed by atoms with E-state index in [1.54, 1.807) is 4.90 Å². The Labute approximate surface area is 127 Å². The van der Waals surface area contributed by atoms with Crippen molar-refractivity contribution in [2.24, 2.45) is 0 Å². The fourth-order valence-electron chi connectivity index (χ4n) is 2.48. The van der Waals surface area contributed by atoms with Crippen LogP contribution in [0.1, 0.15) is 65.2 Å². The Hall–Kier alpha value is -0.480. The van der Waals surface area contributed by atoms with Gasteiger partial charge in [-0.25, -0.2) is 0 Å². The second kappa shape index (κ2) is 8.73. The molecule has 1 unspecified atom stereocenters. The molecule has 0 aliphatic carbocycles. The van der Waals surface area contributed by atoms with Crippen LogP contribution in [-0.2, 0) is 0 Å².